The first kappa shape index (κ1) is 14.8. The van der Waals surface area contributed by atoms with Crippen molar-refractivity contribution in [2.24, 2.45) is 17.7 Å². The van der Waals surface area contributed by atoms with Gasteiger partial charge in [-0.25, -0.2) is 0 Å². The number of hydrazine groups is 1. The van der Waals surface area contributed by atoms with Crippen molar-refractivity contribution in [2.75, 3.05) is 5.73 Å². The van der Waals surface area contributed by atoms with Crippen molar-refractivity contribution in [1.29, 1.82) is 0 Å². The molecule has 1 saturated carbocycles. The van der Waals surface area contributed by atoms with Crippen LogP contribution in [0.25, 0.3) is 0 Å². The number of nitrogens with two attached hydrogens (primary N) is 2. The van der Waals surface area contributed by atoms with Crippen LogP contribution in [0.4, 0.5) is 5.69 Å². The average molecular weight is 326 g/mol. The topological polar surface area (TPSA) is 64.1 Å². The van der Waals surface area contributed by atoms with Crippen molar-refractivity contribution in [3.63, 3.8) is 0 Å². The largest absolute Gasteiger partial charge is 0.398 e. The van der Waals surface area contributed by atoms with Gasteiger partial charge in [0, 0.05) is 10.2 Å². The SMILES string of the molecule is CCC1CCCCC1C(NN)c1cc(Br)ccc1N. The molecule has 0 bridgehead atoms. The summed E-state index contributed by atoms with van der Waals surface area (Å²) in [6, 6.07) is 6.18. The molecule has 4 heteroatoms. The number of hydrogen-bond acceptors (Lipinski definition) is 3. The first-order valence-electron chi connectivity index (χ1n) is 7.18. The van der Waals surface area contributed by atoms with Gasteiger partial charge in [0.2, 0.25) is 0 Å². The van der Waals surface area contributed by atoms with Crippen LogP contribution < -0.4 is 17.0 Å². The summed E-state index contributed by atoms with van der Waals surface area (Å²) in [5.41, 5.74) is 11.1. The lowest BCUT2D eigenvalue weighted by Gasteiger charge is -2.37. The summed E-state index contributed by atoms with van der Waals surface area (Å²) in [5.74, 6) is 7.18. The van der Waals surface area contributed by atoms with Crippen molar-refractivity contribution in [1.82, 2.24) is 5.43 Å². The van der Waals surface area contributed by atoms with Crippen molar-refractivity contribution in [2.45, 2.75) is 45.1 Å². The fourth-order valence-corrected chi connectivity index (χ4v) is 3.82. The van der Waals surface area contributed by atoms with Gasteiger partial charge < -0.3 is 5.73 Å². The molecule has 3 unspecified atom stereocenters. The number of nitrogens with one attached hydrogen (secondary N) is 1. The van der Waals surface area contributed by atoms with Gasteiger partial charge in [0.15, 0.2) is 0 Å². The van der Waals surface area contributed by atoms with E-state index >= 15 is 0 Å². The third-order valence-electron chi connectivity index (χ3n) is 4.48. The number of halogens is 1. The number of benzene rings is 1. The van der Waals surface area contributed by atoms with Crippen LogP contribution in [0.15, 0.2) is 22.7 Å². The molecular weight excluding hydrogens is 302 g/mol. The number of nitrogen functional groups attached to an aromatic ring is 1. The lowest BCUT2D eigenvalue weighted by atomic mass is 9.72. The minimum Gasteiger partial charge on any atom is -0.398 e. The van der Waals surface area contributed by atoms with Crippen LogP contribution in [0.1, 0.15) is 50.6 Å². The second kappa shape index (κ2) is 6.73. The second-order valence-corrected chi connectivity index (χ2v) is 6.45. The van der Waals surface area contributed by atoms with E-state index in [1.807, 2.05) is 12.1 Å². The molecule has 2 rings (SSSR count). The van der Waals surface area contributed by atoms with E-state index in [0.29, 0.717) is 5.92 Å². The van der Waals surface area contributed by atoms with Gasteiger partial charge in [-0.1, -0.05) is 48.5 Å². The number of hydrogen-bond donors (Lipinski definition) is 3. The molecule has 0 aromatic heterocycles. The molecule has 0 amide bonds. The van der Waals surface area contributed by atoms with Gasteiger partial charge in [0.1, 0.15) is 0 Å². The van der Waals surface area contributed by atoms with Gasteiger partial charge in [-0.05, 0) is 42.0 Å². The molecular formula is C15H24BrN3. The first-order valence-corrected chi connectivity index (χ1v) is 7.97. The Bertz CT molecular complexity index is 422. The van der Waals surface area contributed by atoms with E-state index in [2.05, 4.69) is 34.3 Å². The molecule has 0 spiro atoms. The quantitative estimate of drug-likeness (QED) is 0.448. The molecule has 0 heterocycles. The Kier molecular flexibility index (Phi) is 5.25. The molecule has 1 fully saturated rings. The molecule has 1 aliphatic carbocycles. The van der Waals surface area contributed by atoms with Crippen LogP contribution in [-0.4, -0.2) is 0 Å². The first-order chi connectivity index (χ1) is 9.17. The molecule has 3 atom stereocenters. The van der Waals surface area contributed by atoms with Gasteiger partial charge in [0.05, 0.1) is 6.04 Å². The predicted octanol–water partition coefficient (Wildman–Crippen LogP) is 3.75. The smallest absolute Gasteiger partial charge is 0.0511 e. The Labute approximate surface area is 124 Å². The Morgan fingerprint density at radius 2 is 2.11 bits per heavy atom. The predicted molar refractivity (Wildman–Crippen MR) is 84.4 cm³/mol. The van der Waals surface area contributed by atoms with E-state index in [-0.39, 0.29) is 6.04 Å². The summed E-state index contributed by atoms with van der Waals surface area (Å²) in [6.07, 6.45) is 6.41. The highest BCUT2D eigenvalue weighted by atomic mass is 79.9. The van der Waals surface area contributed by atoms with E-state index in [4.69, 9.17) is 11.6 Å². The van der Waals surface area contributed by atoms with Crippen molar-refractivity contribution < 1.29 is 0 Å². The van der Waals surface area contributed by atoms with E-state index in [9.17, 15) is 0 Å². The zero-order chi connectivity index (χ0) is 13.8. The molecule has 0 radical (unpaired) electrons. The monoisotopic (exact) mass is 325 g/mol. The normalized spacial score (nSPS) is 25.2. The Balaban J connectivity index is 2.29. The zero-order valence-electron chi connectivity index (χ0n) is 11.5. The lowest BCUT2D eigenvalue weighted by Crippen LogP contribution is -2.38. The second-order valence-electron chi connectivity index (χ2n) is 5.53. The van der Waals surface area contributed by atoms with E-state index in [1.165, 1.54) is 32.1 Å². The maximum absolute atomic E-state index is 6.14. The maximum Gasteiger partial charge on any atom is 0.0511 e. The van der Waals surface area contributed by atoms with Gasteiger partial charge in [-0.3, -0.25) is 11.3 Å². The molecule has 0 saturated heterocycles. The minimum atomic E-state index is 0.155. The van der Waals surface area contributed by atoms with E-state index in [0.717, 1.165) is 21.6 Å². The summed E-state index contributed by atoms with van der Waals surface area (Å²) in [7, 11) is 0. The summed E-state index contributed by atoms with van der Waals surface area (Å²) in [6.45, 7) is 2.28. The molecule has 1 aromatic rings. The molecule has 19 heavy (non-hydrogen) atoms. The van der Waals surface area contributed by atoms with Gasteiger partial charge in [-0.2, -0.15) is 0 Å². The average Bonchev–Trinajstić information content (AvgIpc) is 2.44. The van der Waals surface area contributed by atoms with Gasteiger partial charge in [0.25, 0.3) is 0 Å². The maximum atomic E-state index is 6.14. The van der Waals surface area contributed by atoms with Crippen LogP contribution in [0, 0.1) is 11.8 Å². The third-order valence-corrected chi connectivity index (χ3v) is 4.98. The third kappa shape index (κ3) is 3.30. The zero-order valence-corrected chi connectivity index (χ0v) is 13.1. The molecule has 106 valence electrons. The molecule has 1 aromatic carbocycles. The highest BCUT2D eigenvalue weighted by Crippen LogP contribution is 2.41. The van der Waals surface area contributed by atoms with Gasteiger partial charge >= 0.3 is 0 Å². The van der Waals surface area contributed by atoms with E-state index in [1.54, 1.807) is 0 Å². The summed E-state index contributed by atoms with van der Waals surface area (Å²) < 4.78 is 1.06. The summed E-state index contributed by atoms with van der Waals surface area (Å²) in [4.78, 5) is 0. The molecule has 1 aliphatic rings. The van der Waals surface area contributed by atoms with Crippen LogP contribution in [0.3, 0.4) is 0 Å². The Hall–Kier alpha value is -0.580. The van der Waals surface area contributed by atoms with E-state index < -0.39 is 0 Å². The van der Waals surface area contributed by atoms with Crippen molar-refractivity contribution >= 4 is 21.6 Å². The van der Waals surface area contributed by atoms with Crippen molar-refractivity contribution in [3.05, 3.63) is 28.2 Å². The molecule has 3 nitrogen and oxygen atoms in total. The molecule has 0 aliphatic heterocycles. The minimum absolute atomic E-state index is 0.155. The summed E-state index contributed by atoms with van der Waals surface area (Å²) in [5, 5.41) is 0. The Morgan fingerprint density at radius 3 is 2.79 bits per heavy atom. The van der Waals surface area contributed by atoms with Gasteiger partial charge in [-0.15, -0.1) is 0 Å². The number of rotatable bonds is 4. The van der Waals surface area contributed by atoms with Crippen molar-refractivity contribution in [3.8, 4) is 0 Å². The van der Waals surface area contributed by atoms with Crippen LogP contribution >= 0.6 is 15.9 Å². The summed E-state index contributed by atoms with van der Waals surface area (Å²) >= 11 is 3.53. The fourth-order valence-electron chi connectivity index (χ4n) is 3.44. The standard InChI is InChI=1S/C15H24BrN3/c1-2-10-5-3-4-6-12(10)15(19-18)13-9-11(16)7-8-14(13)17/h7-10,12,15,19H,2-6,17-18H2,1H3. The fraction of sp³-hybridized carbons (Fsp3) is 0.600. The van der Waals surface area contributed by atoms with Crippen LogP contribution in [0.2, 0.25) is 0 Å². The molecule has 5 N–H and O–H groups in total. The highest BCUT2D eigenvalue weighted by Gasteiger charge is 2.32. The number of anilines is 1. The lowest BCUT2D eigenvalue weighted by molar-refractivity contribution is 0.176. The highest BCUT2D eigenvalue weighted by molar-refractivity contribution is 9.10. The van der Waals surface area contributed by atoms with Crippen LogP contribution in [-0.2, 0) is 0 Å². The van der Waals surface area contributed by atoms with Crippen LogP contribution in [0.5, 0.6) is 0 Å². The Morgan fingerprint density at radius 1 is 1.37 bits per heavy atom.